The van der Waals surface area contributed by atoms with E-state index in [1.165, 1.54) is 0 Å². The number of anilines is 1. The molecule has 0 atom stereocenters. The van der Waals surface area contributed by atoms with Gasteiger partial charge in [-0.3, -0.25) is 10.1 Å². The van der Waals surface area contributed by atoms with E-state index in [1.807, 2.05) is 38.1 Å². The van der Waals surface area contributed by atoms with E-state index < -0.39 is 0 Å². The van der Waals surface area contributed by atoms with Crippen molar-refractivity contribution in [1.29, 1.82) is 0 Å². The quantitative estimate of drug-likeness (QED) is 0.480. The van der Waals surface area contributed by atoms with E-state index in [-0.39, 0.29) is 17.5 Å². The minimum atomic E-state index is -0.268. The van der Waals surface area contributed by atoms with Gasteiger partial charge in [0.25, 0.3) is 11.1 Å². The first-order valence-corrected chi connectivity index (χ1v) is 9.41. The van der Waals surface area contributed by atoms with Gasteiger partial charge >= 0.3 is 0 Å². The number of aryl methyl sites for hydroxylation is 2. The maximum Gasteiger partial charge on any atom is 0.277 e. The van der Waals surface area contributed by atoms with E-state index >= 15 is 0 Å². The van der Waals surface area contributed by atoms with Crippen LogP contribution in [0.4, 0.5) is 5.88 Å². The Hall–Kier alpha value is -3.33. The lowest BCUT2D eigenvalue weighted by molar-refractivity contribution is -0.113. The zero-order chi connectivity index (χ0) is 19.5. The summed E-state index contributed by atoms with van der Waals surface area (Å²) >= 11 is 1.13. The highest BCUT2D eigenvalue weighted by Gasteiger charge is 2.15. The van der Waals surface area contributed by atoms with Crippen molar-refractivity contribution in [3.05, 3.63) is 54.0 Å². The second-order valence-electron chi connectivity index (χ2n) is 6.04. The van der Waals surface area contributed by atoms with E-state index in [0.29, 0.717) is 22.6 Å². The fourth-order valence-electron chi connectivity index (χ4n) is 2.48. The Morgan fingerprint density at radius 2 is 1.96 bits per heavy atom. The summed E-state index contributed by atoms with van der Waals surface area (Å²) in [6.45, 7) is 3.82. The Morgan fingerprint density at radius 3 is 2.71 bits per heavy atom. The molecular formula is C19H16N4O4S. The van der Waals surface area contributed by atoms with Crippen LogP contribution in [0.5, 0.6) is 0 Å². The second-order valence-corrected chi connectivity index (χ2v) is 6.97. The average molecular weight is 396 g/mol. The SMILES string of the molecule is Cc1ccc(-c2cc(NC(=O)CSc3nnc(-c4ccoc4C)o3)on2)cc1. The van der Waals surface area contributed by atoms with Gasteiger partial charge < -0.3 is 13.4 Å². The molecule has 3 aromatic heterocycles. The van der Waals surface area contributed by atoms with E-state index in [9.17, 15) is 4.79 Å². The molecule has 0 radical (unpaired) electrons. The number of carbonyl (C=O) groups excluding carboxylic acids is 1. The van der Waals surface area contributed by atoms with E-state index in [2.05, 4.69) is 20.7 Å². The number of furan rings is 1. The summed E-state index contributed by atoms with van der Waals surface area (Å²) in [5.74, 6) is 1.14. The molecule has 3 heterocycles. The minimum absolute atomic E-state index is 0.0898. The molecule has 0 fully saturated rings. The predicted octanol–water partition coefficient (Wildman–Crippen LogP) is 4.33. The molecule has 9 heteroatoms. The predicted molar refractivity (Wildman–Crippen MR) is 103 cm³/mol. The van der Waals surface area contributed by atoms with Crippen LogP contribution < -0.4 is 5.32 Å². The number of hydrogen-bond donors (Lipinski definition) is 1. The summed E-state index contributed by atoms with van der Waals surface area (Å²) < 4.78 is 15.9. The molecule has 4 aromatic rings. The third-order valence-electron chi connectivity index (χ3n) is 3.94. The molecule has 4 rings (SSSR count). The van der Waals surface area contributed by atoms with Crippen LogP contribution >= 0.6 is 11.8 Å². The molecule has 142 valence electrons. The van der Waals surface area contributed by atoms with E-state index in [0.717, 1.165) is 28.5 Å². The molecule has 0 unspecified atom stereocenters. The van der Waals surface area contributed by atoms with Crippen LogP contribution in [-0.4, -0.2) is 27.0 Å². The number of nitrogens with one attached hydrogen (secondary N) is 1. The summed E-state index contributed by atoms with van der Waals surface area (Å²) in [7, 11) is 0. The van der Waals surface area contributed by atoms with Gasteiger partial charge in [-0.25, -0.2) is 0 Å². The number of rotatable bonds is 6. The number of amides is 1. The summed E-state index contributed by atoms with van der Waals surface area (Å²) in [6, 6.07) is 11.3. The Labute approximate surface area is 164 Å². The van der Waals surface area contributed by atoms with Gasteiger partial charge in [-0.05, 0) is 19.9 Å². The first-order chi connectivity index (χ1) is 13.6. The Balaban J connectivity index is 1.33. The van der Waals surface area contributed by atoms with Gasteiger partial charge in [0.2, 0.25) is 11.8 Å². The largest absolute Gasteiger partial charge is 0.469 e. The number of benzene rings is 1. The van der Waals surface area contributed by atoms with Crippen molar-refractivity contribution in [3.8, 4) is 22.7 Å². The number of hydrogen-bond acceptors (Lipinski definition) is 8. The third-order valence-corrected chi connectivity index (χ3v) is 4.76. The van der Waals surface area contributed by atoms with Gasteiger partial charge in [0, 0.05) is 11.6 Å². The van der Waals surface area contributed by atoms with Crippen molar-refractivity contribution in [1.82, 2.24) is 15.4 Å². The Kier molecular flexibility index (Phi) is 4.98. The molecule has 0 saturated carbocycles. The van der Waals surface area contributed by atoms with E-state index in [4.69, 9.17) is 13.4 Å². The van der Waals surface area contributed by atoms with Gasteiger partial charge in [0.1, 0.15) is 11.5 Å². The lowest BCUT2D eigenvalue weighted by atomic mass is 10.1. The smallest absolute Gasteiger partial charge is 0.277 e. The monoisotopic (exact) mass is 396 g/mol. The number of carbonyl (C=O) groups is 1. The standard InChI is InChI=1S/C19H16N4O4S/c1-11-3-5-13(6-4-11)15-9-17(27-23-15)20-16(24)10-28-19-22-21-18(26-19)14-7-8-25-12(14)2/h3-9H,10H2,1-2H3,(H,20,24). The normalized spacial score (nSPS) is 10.9. The molecule has 8 nitrogen and oxygen atoms in total. The average Bonchev–Trinajstić information content (AvgIpc) is 3.41. The molecule has 0 bridgehead atoms. The number of aromatic nitrogens is 3. The van der Waals surface area contributed by atoms with Gasteiger partial charge in [0.15, 0.2) is 0 Å². The van der Waals surface area contributed by atoms with Gasteiger partial charge in [-0.1, -0.05) is 46.7 Å². The van der Waals surface area contributed by atoms with Crippen LogP contribution in [0.15, 0.2) is 61.2 Å². The third kappa shape index (κ3) is 3.99. The molecule has 1 aromatic carbocycles. The van der Waals surface area contributed by atoms with Crippen LogP contribution in [-0.2, 0) is 4.79 Å². The summed E-state index contributed by atoms with van der Waals surface area (Å²) in [5, 5.41) is 14.8. The van der Waals surface area contributed by atoms with Gasteiger partial charge in [0.05, 0.1) is 17.6 Å². The highest BCUT2D eigenvalue weighted by molar-refractivity contribution is 7.99. The highest BCUT2D eigenvalue weighted by Crippen LogP contribution is 2.26. The van der Waals surface area contributed by atoms with Crippen molar-refractivity contribution < 1.29 is 18.2 Å². The lowest BCUT2D eigenvalue weighted by Gasteiger charge is -1.98. The molecule has 0 aliphatic rings. The zero-order valence-corrected chi connectivity index (χ0v) is 15.9. The first-order valence-electron chi connectivity index (χ1n) is 8.43. The van der Waals surface area contributed by atoms with Crippen LogP contribution in [0.3, 0.4) is 0 Å². The minimum Gasteiger partial charge on any atom is -0.469 e. The Morgan fingerprint density at radius 1 is 1.14 bits per heavy atom. The summed E-state index contributed by atoms with van der Waals surface area (Å²) in [5.41, 5.74) is 3.45. The molecule has 1 N–H and O–H groups in total. The van der Waals surface area contributed by atoms with Crippen LogP contribution in [0.1, 0.15) is 11.3 Å². The molecule has 0 aliphatic carbocycles. The van der Waals surface area contributed by atoms with Gasteiger partial charge in [-0.15, -0.1) is 10.2 Å². The van der Waals surface area contributed by atoms with E-state index in [1.54, 1.807) is 18.4 Å². The Bertz CT molecular complexity index is 1100. The summed E-state index contributed by atoms with van der Waals surface area (Å²) in [6.07, 6.45) is 1.55. The topological polar surface area (TPSA) is 107 Å². The first kappa shape index (κ1) is 18.1. The molecule has 0 spiro atoms. The maximum atomic E-state index is 12.1. The number of thioether (sulfide) groups is 1. The maximum absolute atomic E-state index is 12.1. The molecule has 28 heavy (non-hydrogen) atoms. The molecule has 0 aliphatic heterocycles. The molecule has 1 amide bonds. The van der Waals surface area contributed by atoms with Crippen molar-refractivity contribution in [2.24, 2.45) is 0 Å². The van der Waals surface area contributed by atoms with Crippen LogP contribution in [0.25, 0.3) is 22.7 Å². The van der Waals surface area contributed by atoms with Crippen LogP contribution in [0.2, 0.25) is 0 Å². The van der Waals surface area contributed by atoms with Crippen molar-refractivity contribution >= 4 is 23.6 Å². The van der Waals surface area contributed by atoms with Gasteiger partial charge in [-0.2, -0.15) is 0 Å². The zero-order valence-electron chi connectivity index (χ0n) is 15.1. The fourth-order valence-corrected chi connectivity index (χ4v) is 3.04. The number of nitrogens with zero attached hydrogens (tertiary/aromatic N) is 3. The molecular weight excluding hydrogens is 380 g/mol. The van der Waals surface area contributed by atoms with Crippen molar-refractivity contribution in [2.45, 2.75) is 19.1 Å². The fraction of sp³-hybridized carbons (Fsp3) is 0.158. The van der Waals surface area contributed by atoms with Crippen molar-refractivity contribution in [2.75, 3.05) is 11.1 Å². The second kappa shape index (κ2) is 7.73. The van der Waals surface area contributed by atoms with Crippen molar-refractivity contribution in [3.63, 3.8) is 0 Å². The van der Waals surface area contributed by atoms with Crippen LogP contribution in [0, 0.1) is 13.8 Å². The molecule has 0 saturated heterocycles. The highest BCUT2D eigenvalue weighted by atomic mass is 32.2. The summed E-state index contributed by atoms with van der Waals surface area (Å²) in [4.78, 5) is 12.1. The lowest BCUT2D eigenvalue weighted by Crippen LogP contribution is -2.13.